The minimum atomic E-state index is -1.92. The average molecular weight is 346 g/mol. The van der Waals surface area contributed by atoms with E-state index in [1.807, 2.05) is 0 Å². The largest absolute Gasteiger partial charge is 0.480 e. The number of aliphatic carboxylic acids is 1. The molecule has 0 fully saturated rings. The molecule has 0 amide bonds. The summed E-state index contributed by atoms with van der Waals surface area (Å²) in [5.74, 6) is -2.30. The van der Waals surface area contributed by atoms with Crippen LogP contribution in [-0.2, 0) is 19.8 Å². The number of carbonyl (C=O) groups excluding carboxylic acids is 2. The van der Waals surface area contributed by atoms with Crippen LogP contribution in [-0.4, -0.2) is 35.0 Å². The number of rotatable bonds is 10. The SMILES string of the molecule is N=C(N)c1ccc(C(CCC=CN)(C(=O)O)C(=O)C(N)CC=O)cc1. The first-order valence-corrected chi connectivity index (χ1v) is 7.59. The summed E-state index contributed by atoms with van der Waals surface area (Å²) in [4.78, 5) is 35.6. The number of ketones is 1. The maximum absolute atomic E-state index is 12.8. The minimum absolute atomic E-state index is 0.0686. The monoisotopic (exact) mass is 346 g/mol. The van der Waals surface area contributed by atoms with Gasteiger partial charge < -0.3 is 27.1 Å². The first-order chi connectivity index (χ1) is 11.8. The van der Waals surface area contributed by atoms with E-state index in [1.54, 1.807) is 6.08 Å². The van der Waals surface area contributed by atoms with E-state index in [0.29, 0.717) is 11.8 Å². The van der Waals surface area contributed by atoms with Crippen LogP contribution in [0.25, 0.3) is 0 Å². The van der Waals surface area contributed by atoms with Crippen molar-refractivity contribution in [2.24, 2.45) is 17.2 Å². The number of amidine groups is 1. The van der Waals surface area contributed by atoms with Crippen molar-refractivity contribution in [3.05, 3.63) is 47.7 Å². The summed E-state index contributed by atoms with van der Waals surface area (Å²) in [5, 5.41) is 17.3. The minimum Gasteiger partial charge on any atom is -0.480 e. The lowest BCUT2D eigenvalue weighted by Crippen LogP contribution is -2.51. The van der Waals surface area contributed by atoms with Crippen LogP contribution in [0.4, 0.5) is 0 Å². The van der Waals surface area contributed by atoms with Crippen LogP contribution in [0.3, 0.4) is 0 Å². The molecule has 2 unspecified atom stereocenters. The van der Waals surface area contributed by atoms with E-state index in [2.05, 4.69) is 0 Å². The first-order valence-electron chi connectivity index (χ1n) is 7.59. The van der Waals surface area contributed by atoms with Gasteiger partial charge in [0.2, 0.25) is 0 Å². The third-order valence-electron chi connectivity index (χ3n) is 3.98. The summed E-state index contributed by atoms with van der Waals surface area (Å²) >= 11 is 0. The number of Topliss-reactive ketones (excluding diaryl/α,β-unsaturated/α-hetero) is 1. The number of nitrogens with one attached hydrogen (secondary N) is 1. The third-order valence-corrected chi connectivity index (χ3v) is 3.98. The highest BCUT2D eigenvalue weighted by atomic mass is 16.4. The molecule has 0 radical (unpaired) electrons. The van der Waals surface area contributed by atoms with Gasteiger partial charge in [-0.15, -0.1) is 0 Å². The van der Waals surface area contributed by atoms with E-state index >= 15 is 0 Å². The Morgan fingerprint density at radius 3 is 2.32 bits per heavy atom. The Bertz CT molecular complexity index is 684. The molecule has 25 heavy (non-hydrogen) atoms. The fourth-order valence-electron chi connectivity index (χ4n) is 2.60. The molecule has 1 rings (SSSR count). The Hall–Kier alpha value is -3.00. The van der Waals surface area contributed by atoms with Crippen LogP contribution in [0.15, 0.2) is 36.5 Å². The molecule has 1 aromatic rings. The van der Waals surface area contributed by atoms with Crippen LogP contribution in [0.5, 0.6) is 0 Å². The molecule has 0 saturated heterocycles. The number of aldehydes is 1. The number of nitrogen functional groups attached to an aromatic ring is 1. The maximum Gasteiger partial charge on any atom is 0.321 e. The van der Waals surface area contributed by atoms with E-state index in [9.17, 15) is 19.5 Å². The predicted molar refractivity (Wildman–Crippen MR) is 93.0 cm³/mol. The molecule has 0 bridgehead atoms. The molecule has 0 heterocycles. The zero-order chi connectivity index (χ0) is 19.0. The number of carboxylic acid groups (broad SMARTS) is 1. The van der Waals surface area contributed by atoms with Crippen molar-refractivity contribution in [3.63, 3.8) is 0 Å². The van der Waals surface area contributed by atoms with Crippen molar-refractivity contribution in [2.75, 3.05) is 0 Å². The lowest BCUT2D eigenvalue weighted by atomic mass is 9.70. The molecule has 1 aromatic carbocycles. The molecule has 8 heteroatoms. The second-order valence-electron chi connectivity index (χ2n) is 5.54. The molecule has 2 atom stereocenters. The topological polar surface area (TPSA) is 173 Å². The van der Waals surface area contributed by atoms with Gasteiger partial charge in [0.25, 0.3) is 0 Å². The van der Waals surface area contributed by atoms with Gasteiger partial charge in [-0.25, -0.2) is 0 Å². The van der Waals surface area contributed by atoms with E-state index in [-0.39, 0.29) is 30.7 Å². The van der Waals surface area contributed by atoms with Crippen molar-refractivity contribution in [2.45, 2.75) is 30.7 Å². The highest BCUT2D eigenvalue weighted by Gasteiger charge is 2.48. The fraction of sp³-hybridized carbons (Fsp3) is 0.294. The molecule has 0 aromatic heterocycles. The Morgan fingerprint density at radius 1 is 1.28 bits per heavy atom. The van der Waals surface area contributed by atoms with Gasteiger partial charge in [0, 0.05) is 12.0 Å². The zero-order valence-electron chi connectivity index (χ0n) is 13.6. The van der Waals surface area contributed by atoms with Crippen molar-refractivity contribution < 1.29 is 19.5 Å². The van der Waals surface area contributed by atoms with Gasteiger partial charge in [-0.1, -0.05) is 30.3 Å². The standard InChI is InChI=1S/C17H22N4O4/c18-9-2-1-8-17(16(24)25,14(23)13(19)7-10-22)12-5-3-11(4-6-12)15(20)21/h2-6,9-10,13H,1,7-8,18-19H2,(H3,20,21)(H,24,25). The second kappa shape index (κ2) is 8.74. The van der Waals surface area contributed by atoms with Crippen LogP contribution in [0, 0.1) is 5.41 Å². The Labute approximate surface area is 145 Å². The van der Waals surface area contributed by atoms with Crippen molar-refractivity contribution in [1.82, 2.24) is 0 Å². The number of nitrogens with two attached hydrogens (primary N) is 3. The molecule has 0 aliphatic heterocycles. The lowest BCUT2D eigenvalue weighted by Gasteiger charge is -2.30. The van der Waals surface area contributed by atoms with Gasteiger partial charge in [-0.3, -0.25) is 15.0 Å². The van der Waals surface area contributed by atoms with Crippen molar-refractivity contribution >= 4 is 23.9 Å². The maximum atomic E-state index is 12.8. The number of carbonyl (C=O) groups is 3. The smallest absolute Gasteiger partial charge is 0.321 e. The number of hydrogen-bond acceptors (Lipinski definition) is 6. The number of hydrogen-bond donors (Lipinski definition) is 5. The Morgan fingerprint density at radius 2 is 1.88 bits per heavy atom. The highest BCUT2D eigenvalue weighted by molar-refractivity contribution is 6.11. The first kappa shape index (κ1) is 20.0. The fourth-order valence-corrected chi connectivity index (χ4v) is 2.60. The molecular weight excluding hydrogens is 324 g/mol. The number of allylic oxidation sites excluding steroid dienone is 1. The molecule has 134 valence electrons. The summed E-state index contributed by atoms with van der Waals surface area (Å²) < 4.78 is 0. The normalized spacial score (nSPS) is 14.6. The highest BCUT2D eigenvalue weighted by Crippen LogP contribution is 2.33. The van der Waals surface area contributed by atoms with Crippen LogP contribution >= 0.6 is 0 Å². The van der Waals surface area contributed by atoms with Crippen LogP contribution in [0.1, 0.15) is 30.4 Å². The van der Waals surface area contributed by atoms with Gasteiger partial charge in [0.05, 0.1) is 6.04 Å². The summed E-state index contributed by atoms with van der Waals surface area (Å²) in [6, 6.07) is 4.56. The Balaban J connectivity index is 3.46. The molecule has 0 spiro atoms. The molecule has 0 aliphatic carbocycles. The van der Waals surface area contributed by atoms with E-state index in [0.717, 1.165) is 0 Å². The van der Waals surface area contributed by atoms with Gasteiger partial charge in [0.15, 0.2) is 11.2 Å². The summed E-state index contributed by atoms with van der Waals surface area (Å²) in [6.07, 6.45) is 3.18. The lowest BCUT2D eigenvalue weighted by molar-refractivity contribution is -0.150. The Kier molecular flexibility index (Phi) is 7.01. The third kappa shape index (κ3) is 4.30. The van der Waals surface area contributed by atoms with Gasteiger partial charge in [0.1, 0.15) is 12.1 Å². The zero-order valence-corrected chi connectivity index (χ0v) is 13.6. The summed E-state index contributed by atoms with van der Waals surface area (Å²) in [7, 11) is 0. The number of carboxylic acids is 1. The van der Waals surface area contributed by atoms with Gasteiger partial charge in [-0.05, 0) is 24.6 Å². The number of benzene rings is 1. The second-order valence-corrected chi connectivity index (χ2v) is 5.54. The van der Waals surface area contributed by atoms with Crippen molar-refractivity contribution in [1.29, 1.82) is 5.41 Å². The summed E-state index contributed by atoms with van der Waals surface area (Å²) in [5.41, 5.74) is 15.1. The van der Waals surface area contributed by atoms with Gasteiger partial charge in [-0.2, -0.15) is 0 Å². The van der Waals surface area contributed by atoms with E-state index in [1.165, 1.54) is 30.5 Å². The van der Waals surface area contributed by atoms with Crippen molar-refractivity contribution in [3.8, 4) is 0 Å². The quantitative estimate of drug-likeness (QED) is 0.172. The van der Waals surface area contributed by atoms with Crippen LogP contribution < -0.4 is 17.2 Å². The molecule has 0 aliphatic rings. The van der Waals surface area contributed by atoms with E-state index < -0.39 is 23.2 Å². The average Bonchev–Trinajstić information content (AvgIpc) is 2.58. The molecule has 8 N–H and O–H groups in total. The molecule has 8 nitrogen and oxygen atoms in total. The van der Waals surface area contributed by atoms with Gasteiger partial charge >= 0.3 is 5.97 Å². The molecular formula is C17H22N4O4. The van der Waals surface area contributed by atoms with Crippen LogP contribution in [0.2, 0.25) is 0 Å². The summed E-state index contributed by atoms with van der Waals surface area (Å²) in [6.45, 7) is 0. The molecule has 0 saturated carbocycles. The predicted octanol–water partition coefficient (Wildman–Crippen LogP) is 0.0311. The van der Waals surface area contributed by atoms with E-state index in [4.69, 9.17) is 22.6 Å².